The van der Waals surface area contributed by atoms with Gasteiger partial charge in [-0.1, -0.05) is 107 Å². The second kappa shape index (κ2) is 19.1. The van der Waals surface area contributed by atoms with Crippen molar-refractivity contribution in [2.24, 2.45) is 0 Å². The van der Waals surface area contributed by atoms with Gasteiger partial charge in [0.25, 0.3) is 0 Å². The average Bonchev–Trinajstić information content (AvgIpc) is 3.62. The van der Waals surface area contributed by atoms with Gasteiger partial charge in [0, 0.05) is 29.0 Å². The van der Waals surface area contributed by atoms with Crippen LogP contribution in [0.15, 0.2) is 95.7 Å². The molecule has 2 aromatic carbocycles. The molecule has 0 amide bonds. The molecule has 0 aliphatic rings. The lowest BCUT2D eigenvalue weighted by Crippen LogP contribution is -1.98. The van der Waals surface area contributed by atoms with Gasteiger partial charge in [0.05, 0.1) is 17.4 Å². The number of hydrogen-bond acceptors (Lipinski definition) is 4. The van der Waals surface area contributed by atoms with Crippen LogP contribution in [-0.2, 0) is 4.79 Å². The van der Waals surface area contributed by atoms with Gasteiger partial charge >= 0.3 is 0 Å². The fourth-order valence-corrected chi connectivity index (χ4v) is 3.88. The van der Waals surface area contributed by atoms with Crippen LogP contribution >= 0.6 is 0 Å². The number of fused-ring (bicyclic) bond motifs is 1. The van der Waals surface area contributed by atoms with Crippen molar-refractivity contribution in [3.63, 3.8) is 0 Å². The smallest absolute Gasteiger partial charge is 0.167 e. The number of Topliss-reactive ketones (excluding diaryl/α,β-unsaturated/α-hetero) is 1. The number of nitrogens with zero attached hydrogens (tertiary/aromatic N) is 2. The Bertz CT molecular complexity index is 1390. The first-order valence-corrected chi connectivity index (χ1v) is 14.3. The van der Waals surface area contributed by atoms with Crippen LogP contribution in [0, 0.1) is 13.8 Å². The Labute approximate surface area is 247 Å². The molecule has 2 aromatic heterocycles. The van der Waals surface area contributed by atoms with Gasteiger partial charge in [0.1, 0.15) is 0 Å². The Balaban J connectivity index is 0.000000304. The van der Waals surface area contributed by atoms with E-state index in [1.165, 1.54) is 22.9 Å². The summed E-state index contributed by atoms with van der Waals surface area (Å²) in [6, 6.07) is 16.6. The van der Waals surface area contributed by atoms with Crippen LogP contribution in [-0.4, -0.2) is 21.1 Å². The molecule has 5 heteroatoms. The number of benzene rings is 2. The minimum Gasteiger partial charge on any atom is -0.356 e. The third-order valence-electron chi connectivity index (χ3n) is 6.46. The summed E-state index contributed by atoms with van der Waals surface area (Å²) in [5.41, 5.74) is 6.46. The molecular weight excluding hydrogens is 506 g/mol. The van der Waals surface area contributed by atoms with E-state index in [0.717, 1.165) is 47.4 Å². The maximum Gasteiger partial charge on any atom is 0.167 e. The minimum absolute atomic E-state index is 0. The van der Waals surface area contributed by atoms with E-state index in [0.29, 0.717) is 12.3 Å². The van der Waals surface area contributed by atoms with Crippen LogP contribution in [0.5, 0.6) is 0 Å². The van der Waals surface area contributed by atoms with Crippen molar-refractivity contribution in [1.82, 2.24) is 15.4 Å². The molecule has 1 unspecified atom stereocenters. The zero-order valence-corrected chi connectivity index (χ0v) is 25.0. The normalized spacial score (nSPS) is 11.6. The highest BCUT2D eigenvalue weighted by atomic mass is 16.5. The van der Waals surface area contributed by atoms with E-state index < -0.39 is 0 Å². The number of nitrogens with one attached hydrogen (secondary N) is 1. The van der Waals surface area contributed by atoms with Crippen molar-refractivity contribution in [3.8, 4) is 11.3 Å². The number of H-pyrrole nitrogens is 1. The molecular formula is C36H49N3O2. The molecule has 0 fully saturated rings. The lowest BCUT2D eigenvalue weighted by Gasteiger charge is -2.07. The predicted molar refractivity (Wildman–Crippen MR) is 175 cm³/mol. The standard InChI is InChI=1S/C13H20O.C11H14N2.C11H11NO.CH4/c1-4-7-8-9-11-12(6-3)13(14)10-5-2;1-3-8(2)9-4-5-11-10(6-9)7-12-13-11;1-8-4-3-5-10(6-8)11-7-9(2)12-13-11;/h6,8-9,11H,3-5,7,10H2,1-2H3;4-8H,3H2,1-2H3,(H,12,13);3-7H,1-2H3;1H4/b9-8-,12-11+;;;. The first kappa shape index (κ1) is 35.0. The first-order chi connectivity index (χ1) is 19.3. The molecule has 0 saturated heterocycles. The molecule has 220 valence electrons. The average molecular weight is 556 g/mol. The Morgan fingerprint density at radius 3 is 2.46 bits per heavy atom. The number of allylic oxidation sites excluding steroid dienone is 5. The fourth-order valence-electron chi connectivity index (χ4n) is 3.88. The van der Waals surface area contributed by atoms with Crippen LogP contribution in [0.4, 0.5) is 0 Å². The van der Waals surface area contributed by atoms with Crippen molar-refractivity contribution in [1.29, 1.82) is 0 Å². The largest absolute Gasteiger partial charge is 0.356 e. The summed E-state index contributed by atoms with van der Waals surface area (Å²) in [5.74, 6) is 1.66. The van der Waals surface area contributed by atoms with Crippen molar-refractivity contribution in [3.05, 3.63) is 108 Å². The fraction of sp³-hybridized carbons (Fsp3) is 0.361. The molecule has 0 saturated carbocycles. The lowest BCUT2D eigenvalue weighted by atomic mass is 9.98. The summed E-state index contributed by atoms with van der Waals surface area (Å²) in [6.07, 6.45) is 14.2. The maximum absolute atomic E-state index is 11.5. The summed E-state index contributed by atoms with van der Waals surface area (Å²) in [6.45, 7) is 16.2. The number of aromatic amines is 1. The van der Waals surface area contributed by atoms with E-state index in [1.54, 1.807) is 6.08 Å². The zero-order valence-electron chi connectivity index (χ0n) is 25.0. The molecule has 5 nitrogen and oxygen atoms in total. The number of aryl methyl sites for hydroxylation is 2. The molecule has 0 aliphatic heterocycles. The monoisotopic (exact) mass is 555 g/mol. The number of unbranched alkanes of at least 4 members (excludes halogenated alkanes) is 1. The van der Waals surface area contributed by atoms with Crippen molar-refractivity contribution in [2.45, 2.75) is 87.0 Å². The minimum atomic E-state index is 0. The first-order valence-electron chi connectivity index (χ1n) is 14.3. The highest BCUT2D eigenvalue weighted by Gasteiger charge is 2.05. The topological polar surface area (TPSA) is 71.8 Å². The number of carbonyl (C=O) groups excluding carboxylic acids is 1. The SMILES string of the molecule is C.C=C/C(=C\C=C/CCC)C(=O)CCC.CCC(C)c1ccc2[nH]ncc2c1.Cc1cccc(-c2cc(C)no2)c1. The summed E-state index contributed by atoms with van der Waals surface area (Å²) in [4.78, 5) is 11.5. The van der Waals surface area contributed by atoms with Crippen molar-refractivity contribution in [2.75, 3.05) is 0 Å². The van der Waals surface area contributed by atoms with Crippen molar-refractivity contribution >= 4 is 16.7 Å². The number of aromatic nitrogens is 3. The van der Waals surface area contributed by atoms with Crippen molar-refractivity contribution < 1.29 is 9.32 Å². The van der Waals surface area contributed by atoms with Gasteiger partial charge < -0.3 is 4.52 Å². The molecule has 0 radical (unpaired) electrons. The van der Waals surface area contributed by atoms with Gasteiger partial charge in [-0.05, 0) is 62.8 Å². The Morgan fingerprint density at radius 2 is 1.85 bits per heavy atom. The Morgan fingerprint density at radius 1 is 1.07 bits per heavy atom. The zero-order chi connectivity index (χ0) is 29.3. The Kier molecular flexibility index (Phi) is 16.4. The van der Waals surface area contributed by atoms with Crippen LogP contribution in [0.25, 0.3) is 22.2 Å². The van der Waals surface area contributed by atoms with E-state index in [-0.39, 0.29) is 13.2 Å². The summed E-state index contributed by atoms with van der Waals surface area (Å²) >= 11 is 0. The highest BCUT2D eigenvalue weighted by molar-refractivity contribution is 5.98. The maximum atomic E-state index is 11.5. The van der Waals surface area contributed by atoms with Gasteiger partial charge in [-0.15, -0.1) is 0 Å². The molecule has 0 bridgehead atoms. The molecule has 2 heterocycles. The quantitative estimate of drug-likeness (QED) is 0.156. The second-order valence-corrected chi connectivity index (χ2v) is 9.94. The number of carbonyl (C=O) groups is 1. The van der Waals surface area contributed by atoms with Crippen LogP contribution in [0.1, 0.15) is 90.0 Å². The van der Waals surface area contributed by atoms with E-state index in [2.05, 4.69) is 86.0 Å². The van der Waals surface area contributed by atoms with Crippen LogP contribution in [0.2, 0.25) is 0 Å². The van der Waals surface area contributed by atoms with Gasteiger partial charge in [-0.25, -0.2) is 0 Å². The van der Waals surface area contributed by atoms with Gasteiger partial charge in [0.2, 0.25) is 0 Å². The second-order valence-electron chi connectivity index (χ2n) is 9.94. The Hall–Kier alpha value is -3.99. The molecule has 1 atom stereocenters. The van der Waals surface area contributed by atoms with Gasteiger partial charge in [-0.3, -0.25) is 9.89 Å². The third-order valence-corrected chi connectivity index (χ3v) is 6.46. The molecule has 41 heavy (non-hydrogen) atoms. The molecule has 4 aromatic rings. The van der Waals surface area contributed by atoms with Crippen LogP contribution in [0.3, 0.4) is 0 Å². The van der Waals surface area contributed by atoms with Gasteiger partial charge in [-0.2, -0.15) is 5.10 Å². The number of ketones is 1. The highest BCUT2D eigenvalue weighted by Crippen LogP contribution is 2.22. The van der Waals surface area contributed by atoms with Crippen LogP contribution < -0.4 is 0 Å². The number of hydrogen-bond donors (Lipinski definition) is 1. The third kappa shape index (κ3) is 12.0. The molecule has 4 rings (SSSR count). The molecule has 0 aliphatic carbocycles. The summed E-state index contributed by atoms with van der Waals surface area (Å²) < 4.78 is 5.16. The lowest BCUT2D eigenvalue weighted by molar-refractivity contribution is -0.115. The summed E-state index contributed by atoms with van der Waals surface area (Å²) in [5, 5.41) is 12.0. The summed E-state index contributed by atoms with van der Waals surface area (Å²) in [7, 11) is 0. The van der Waals surface area contributed by atoms with E-state index in [4.69, 9.17) is 4.52 Å². The molecule has 1 N–H and O–H groups in total. The predicted octanol–water partition coefficient (Wildman–Crippen LogP) is 10.5. The van der Waals surface area contributed by atoms with E-state index in [1.807, 2.05) is 50.4 Å². The van der Waals surface area contributed by atoms with Gasteiger partial charge in [0.15, 0.2) is 11.5 Å². The molecule has 0 spiro atoms. The number of rotatable bonds is 10. The van der Waals surface area contributed by atoms with E-state index in [9.17, 15) is 4.79 Å². The van der Waals surface area contributed by atoms with E-state index >= 15 is 0 Å².